The molecule has 4 heteroatoms. The summed E-state index contributed by atoms with van der Waals surface area (Å²) in [6.45, 7) is 3.49. The first-order valence-corrected chi connectivity index (χ1v) is 6.54. The van der Waals surface area contributed by atoms with Crippen LogP contribution in [0.2, 0.25) is 0 Å². The summed E-state index contributed by atoms with van der Waals surface area (Å²) < 4.78 is 10.7. The predicted octanol–water partition coefficient (Wildman–Crippen LogP) is 3.09. The fourth-order valence-corrected chi connectivity index (χ4v) is 1.76. The van der Waals surface area contributed by atoms with Gasteiger partial charge >= 0.3 is 0 Å². The number of hydrogen-bond donors (Lipinski definition) is 0. The molecule has 0 N–H and O–H groups in total. The highest BCUT2D eigenvalue weighted by Crippen LogP contribution is 2.19. The van der Waals surface area contributed by atoms with Gasteiger partial charge in [0.15, 0.2) is 0 Å². The van der Waals surface area contributed by atoms with Gasteiger partial charge in [0.25, 0.3) is 0 Å². The number of nitrogens with zero attached hydrogens (tertiary/aromatic N) is 1. The lowest BCUT2D eigenvalue weighted by Gasteiger charge is -2.09. The van der Waals surface area contributed by atoms with Gasteiger partial charge in [0, 0.05) is 24.7 Å². The number of pyridine rings is 1. The molecule has 0 spiro atoms. The Morgan fingerprint density at radius 2 is 2.00 bits per heavy atom. The molecular weight excluding hydrogens is 270 g/mol. The van der Waals surface area contributed by atoms with Crippen LogP contribution in [0.5, 0.6) is 5.75 Å². The molecule has 1 rings (SSSR count). The minimum absolute atomic E-state index is 0.716. The summed E-state index contributed by atoms with van der Waals surface area (Å²) in [4.78, 5) is 4.41. The summed E-state index contributed by atoms with van der Waals surface area (Å²) in [7, 11) is 1.72. The number of hydrogen-bond acceptors (Lipinski definition) is 3. The van der Waals surface area contributed by atoms with Gasteiger partial charge in [0.1, 0.15) is 5.75 Å². The average molecular weight is 288 g/mol. The Hall–Kier alpha value is -0.610. The summed E-state index contributed by atoms with van der Waals surface area (Å²) in [5.41, 5.74) is 1.98. The van der Waals surface area contributed by atoms with Crippen LogP contribution in [-0.2, 0) is 10.1 Å². The van der Waals surface area contributed by atoms with E-state index in [1.807, 2.05) is 19.1 Å². The van der Waals surface area contributed by atoms with Crippen LogP contribution in [0.4, 0.5) is 0 Å². The predicted molar refractivity (Wildman–Crippen MR) is 68.2 cm³/mol. The molecule has 0 saturated carbocycles. The van der Waals surface area contributed by atoms with Gasteiger partial charge in [0.05, 0.1) is 12.3 Å². The third-order valence-corrected chi connectivity index (χ3v) is 2.73. The molecule has 16 heavy (non-hydrogen) atoms. The lowest BCUT2D eigenvalue weighted by Crippen LogP contribution is -2.03. The lowest BCUT2D eigenvalue weighted by atomic mass is 10.3. The molecular formula is C12H18BrNO2. The number of aromatic nitrogens is 1. The Morgan fingerprint density at radius 1 is 1.25 bits per heavy atom. The second-order valence-corrected chi connectivity index (χ2v) is 4.14. The fraction of sp³-hybridized carbons (Fsp3) is 0.583. The Bertz CT molecular complexity index is 318. The van der Waals surface area contributed by atoms with Gasteiger partial charge in [-0.2, -0.15) is 0 Å². The van der Waals surface area contributed by atoms with Crippen molar-refractivity contribution < 1.29 is 9.47 Å². The second kappa shape index (κ2) is 7.63. The molecule has 0 aliphatic heterocycles. The Kier molecular flexibility index (Phi) is 6.42. The SMILES string of the molecule is COCCCCOc1ccc(C)nc1CBr. The molecule has 0 amide bonds. The first-order chi connectivity index (χ1) is 7.77. The maximum atomic E-state index is 5.68. The van der Waals surface area contributed by atoms with Gasteiger partial charge in [0.2, 0.25) is 0 Å². The summed E-state index contributed by atoms with van der Waals surface area (Å²) in [5.74, 6) is 0.875. The van der Waals surface area contributed by atoms with Crippen molar-refractivity contribution in [2.75, 3.05) is 20.3 Å². The van der Waals surface area contributed by atoms with E-state index in [9.17, 15) is 0 Å². The van der Waals surface area contributed by atoms with E-state index in [1.54, 1.807) is 7.11 Å². The number of methoxy groups -OCH3 is 1. The van der Waals surface area contributed by atoms with Crippen LogP contribution in [0.1, 0.15) is 24.2 Å². The van der Waals surface area contributed by atoms with Gasteiger partial charge in [-0.25, -0.2) is 0 Å². The maximum absolute atomic E-state index is 5.68. The van der Waals surface area contributed by atoms with Gasteiger partial charge < -0.3 is 9.47 Å². The molecule has 0 atom stereocenters. The molecule has 1 aromatic rings. The number of unbranched alkanes of at least 4 members (excludes halogenated alkanes) is 1. The van der Waals surface area contributed by atoms with E-state index in [-0.39, 0.29) is 0 Å². The maximum Gasteiger partial charge on any atom is 0.141 e. The van der Waals surface area contributed by atoms with Crippen LogP contribution in [0.15, 0.2) is 12.1 Å². The van der Waals surface area contributed by atoms with Crippen molar-refractivity contribution in [1.82, 2.24) is 4.98 Å². The van der Waals surface area contributed by atoms with Crippen LogP contribution >= 0.6 is 15.9 Å². The van der Waals surface area contributed by atoms with Crippen LogP contribution < -0.4 is 4.74 Å². The van der Waals surface area contributed by atoms with Gasteiger partial charge in [-0.15, -0.1) is 0 Å². The minimum Gasteiger partial charge on any atom is -0.492 e. The van der Waals surface area contributed by atoms with Crippen molar-refractivity contribution >= 4 is 15.9 Å². The molecule has 90 valence electrons. The zero-order chi connectivity index (χ0) is 11.8. The summed E-state index contributed by atoms with van der Waals surface area (Å²) in [6.07, 6.45) is 2.03. The number of alkyl halides is 1. The fourth-order valence-electron chi connectivity index (χ4n) is 1.36. The second-order valence-electron chi connectivity index (χ2n) is 3.58. The smallest absolute Gasteiger partial charge is 0.141 e. The number of halogens is 1. The molecule has 0 aromatic carbocycles. The van der Waals surface area contributed by atoms with Gasteiger partial charge in [-0.05, 0) is 31.9 Å². The largest absolute Gasteiger partial charge is 0.492 e. The molecule has 1 heterocycles. The lowest BCUT2D eigenvalue weighted by molar-refractivity contribution is 0.184. The molecule has 3 nitrogen and oxygen atoms in total. The van der Waals surface area contributed by atoms with E-state index < -0.39 is 0 Å². The highest BCUT2D eigenvalue weighted by molar-refractivity contribution is 9.08. The molecule has 0 radical (unpaired) electrons. The first-order valence-electron chi connectivity index (χ1n) is 5.42. The van der Waals surface area contributed by atoms with Crippen LogP contribution in [-0.4, -0.2) is 25.3 Å². The third-order valence-electron chi connectivity index (χ3n) is 2.20. The third kappa shape index (κ3) is 4.49. The Balaban J connectivity index is 2.41. The van der Waals surface area contributed by atoms with E-state index in [1.165, 1.54) is 0 Å². The van der Waals surface area contributed by atoms with E-state index in [0.29, 0.717) is 6.61 Å². The first kappa shape index (κ1) is 13.5. The van der Waals surface area contributed by atoms with Crippen molar-refractivity contribution in [2.45, 2.75) is 25.1 Å². The minimum atomic E-state index is 0.716. The highest BCUT2D eigenvalue weighted by Gasteiger charge is 2.04. The van der Waals surface area contributed by atoms with E-state index >= 15 is 0 Å². The molecule has 0 bridgehead atoms. The van der Waals surface area contributed by atoms with Crippen molar-refractivity contribution in [3.63, 3.8) is 0 Å². The van der Waals surface area contributed by atoms with Gasteiger partial charge in [-0.1, -0.05) is 15.9 Å². The van der Waals surface area contributed by atoms with Crippen molar-refractivity contribution in [3.05, 3.63) is 23.5 Å². The Labute approximate surface area is 105 Å². The van der Waals surface area contributed by atoms with E-state index in [0.717, 1.165) is 41.9 Å². The molecule has 0 aliphatic carbocycles. The van der Waals surface area contributed by atoms with Crippen molar-refractivity contribution in [2.24, 2.45) is 0 Å². The molecule has 0 saturated heterocycles. The topological polar surface area (TPSA) is 31.4 Å². The summed E-state index contributed by atoms with van der Waals surface area (Å²) in [6, 6.07) is 3.95. The Morgan fingerprint density at radius 3 is 2.69 bits per heavy atom. The quantitative estimate of drug-likeness (QED) is 0.570. The molecule has 0 aliphatic rings. The molecule has 0 fully saturated rings. The zero-order valence-electron chi connectivity index (χ0n) is 9.83. The summed E-state index contributed by atoms with van der Waals surface area (Å²) >= 11 is 3.41. The summed E-state index contributed by atoms with van der Waals surface area (Å²) in [5, 5.41) is 0.724. The number of aryl methyl sites for hydroxylation is 1. The van der Waals surface area contributed by atoms with Gasteiger partial charge in [-0.3, -0.25) is 4.98 Å². The standard InChI is InChI=1S/C12H18BrNO2/c1-10-5-6-12(11(9-13)14-10)16-8-4-3-7-15-2/h5-6H,3-4,7-9H2,1-2H3. The van der Waals surface area contributed by atoms with Crippen molar-refractivity contribution in [3.8, 4) is 5.75 Å². The van der Waals surface area contributed by atoms with Crippen molar-refractivity contribution in [1.29, 1.82) is 0 Å². The van der Waals surface area contributed by atoms with Crippen LogP contribution in [0.3, 0.4) is 0 Å². The molecule has 0 unspecified atom stereocenters. The molecule has 1 aromatic heterocycles. The van der Waals surface area contributed by atoms with Crippen LogP contribution in [0.25, 0.3) is 0 Å². The number of rotatable bonds is 7. The van der Waals surface area contributed by atoms with E-state index in [4.69, 9.17) is 9.47 Å². The van der Waals surface area contributed by atoms with E-state index in [2.05, 4.69) is 20.9 Å². The highest BCUT2D eigenvalue weighted by atomic mass is 79.9. The average Bonchev–Trinajstić information content (AvgIpc) is 2.30. The number of ether oxygens (including phenoxy) is 2. The van der Waals surface area contributed by atoms with Crippen LogP contribution in [0, 0.1) is 6.92 Å². The normalized spacial score (nSPS) is 10.4. The monoisotopic (exact) mass is 287 g/mol. The zero-order valence-corrected chi connectivity index (χ0v) is 11.4.